The standard InChI is InChI=1S/C30H35N3O5S/c1-22(31)26-11-7-23(8-12-26)10-14-29(35)28(19-34)33-30(36)27(13-9-24-15-17-32-18-16-24)21-39(37,38)20-25-5-3-2-4-6-25/h2-8,11-12,15-18,27-28,34H,1,9-10,13-14,19-21,31H2,(H,33,36)/t27-,28-/m0/s1. The first-order valence-corrected chi connectivity index (χ1v) is 14.6. The first kappa shape index (κ1) is 29.7. The average Bonchev–Trinajstić information content (AvgIpc) is 2.93. The van der Waals surface area contributed by atoms with Crippen LogP contribution in [0, 0.1) is 5.92 Å². The molecular weight excluding hydrogens is 514 g/mol. The van der Waals surface area contributed by atoms with Crippen molar-refractivity contribution in [3.05, 3.63) is 108 Å². The maximum Gasteiger partial charge on any atom is 0.224 e. The molecule has 1 aromatic heterocycles. The van der Waals surface area contributed by atoms with Crippen molar-refractivity contribution < 1.29 is 23.1 Å². The summed E-state index contributed by atoms with van der Waals surface area (Å²) >= 11 is 0. The molecule has 0 radical (unpaired) electrons. The zero-order chi connectivity index (χ0) is 28.3. The number of amides is 1. The molecule has 0 aliphatic heterocycles. The summed E-state index contributed by atoms with van der Waals surface area (Å²) in [5.74, 6) is -2.36. The maximum absolute atomic E-state index is 13.3. The van der Waals surface area contributed by atoms with Gasteiger partial charge in [0.25, 0.3) is 0 Å². The summed E-state index contributed by atoms with van der Waals surface area (Å²) in [6.45, 7) is 3.11. The van der Waals surface area contributed by atoms with Gasteiger partial charge in [0.2, 0.25) is 5.91 Å². The predicted octanol–water partition coefficient (Wildman–Crippen LogP) is 2.85. The van der Waals surface area contributed by atoms with Crippen molar-refractivity contribution in [2.75, 3.05) is 12.4 Å². The Morgan fingerprint density at radius 1 is 0.923 bits per heavy atom. The molecule has 3 rings (SSSR count). The van der Waals surface area contributed by atoms with Crippen LogP contribution in [0.3, 0.4) is 0 Å². The number of carbonyl (C=O) groups is 2. The third kappa shape index (κ3) is 9.77. The van der Waals surface area contributed by atoms with Gasteiger partial charge in [0, 0.05) is 24.5 Å². The Morgan fingerprint density at radius 3 is 2.18 bits per heavy atom. The molecule has 1 amide bonds. The Labute approximate surface area is 229 Å². The van der Waals surface area contributed by atoms with Crippen molar-refractivity contribution in [3.8, 4) is 0 Å². The lowest BCUT2D eigenvalue weighted by molar-refractivity contribution is -0.130. The van der Waals surface area contributed by atoms with Gasteiger partial charge in [-0.1, -0.05) is 61.2 Å². The van der Waals surface area contributed by atoms with Crippen LogP contribution in [0.2, 0.25) is 0 Å². The normalized spacial score (nSPS) is 12.8. The molecule has 1 heterocycles. The van der Waals surface area contributed by atoms with Gasteiger partial charge in [0.1, 0.15) is 6.04 Å². The highest BCUT2D eigenvalue weighted by Gasteiger charge is 2.29. The van der Waals surface area contributed by atoms with E-state index < -0.39 is 34.3 Å². The topological polar surface area (TPSA) is 139 Å². The van der Waals surface area contributed by atoms with Gasteiger partial charge < -0.3 is 16.2 Å². The molecule has 4 N–H and O–H groups in total. The minimum atomic E-state index is -3.64. The van der Waals surface area contributed by atoms with Crippen LogP contribution >= 0.6 is 0 Å². The number of aliphatic hydroxyl groups is 1. The van der Waals surface area contributed by atoms with Crippen LogP contribution in [0.1, 0.15) is 35.1 Å². The summed E-state index contributed by atoms with van der Waals surface area (Å²) in [6.07, 6.45) is 4.51. The Morgan fingerprint density at radius 2 is 1.56 bits per heavy atom. The largest absolute Gasteiger partial charge is 0.399 e. The van der Waals surface area contributed by atoms with Crippen molar-refractivity contribution in [3.63, 3.8) is 0 Å². The zero-order valence-electron chi connectivity index (χ0n) is 21.8. The molecule has 0 unspecified atom stereocenters. The second kappa shape index (κ2) is 14.4. The highest BCUT2D eigenvalue weighted by molar-refractivity contribution is 7.90. The molecule has 0 spiro atoms. The molecule has 0 aliphatic rings. The zero-order valence-corrected chi connectivity index (χ0v) is 22.6. The smallest absolute Gasteiger partial charge is 0.224 e. The summed E-state index contributed by atoms with van der Waals surface area (Å²) in [5.41, 5.74) is 9.39. The second-order valence-corrected chi connectivity index (χ2v) is 11.7. The Bertz CT molecular complexity index is 1340. The molecule has 3 aromatic rings. The van der Waals surface area contributed by atoms with Gasteiger partial charge in [0.05, 0.1) is 24.0 Å². The summed E-state index contributed by atoms with van der Waals surface area (Å²) < 4.78 is 26.0. The minimum Gasteiger partial charge on any atom is -0.399 e. The molecule has 0 bridgehead atoms. The number of hydrogen-bond acceptors (Lipinski definition) is 7. The van der Waals surface area contributed by atoms with Crippen molar-refractivity contribution >= 4 is 27.2 Å². The maximum atomic E-state index is 13.3. The number of rotatable bonds is 15. The van der Waals surface area contributed by atoms with E-state index in [1.54, 1.807) is 42.7 Å². The molecule has 8 nitrogen and oxygen atoms in total. The van der Waals surface area contributed by atoms with Crippen LogP contribution in [0.4, 0.5) is 0 Å². The summed E-state index contributed by atoms with van der Waals surface area (Å²) in [4.78, 5) is 30.1. The number of hydrogen-bond donors (Lipinski definition) is 3. The molecule has 0 saturated carbocycles. The SMILES string of the molecule is C=C(N)c1ccc(CCC(=O)[C@H](CO)NC(=O)[C@@H](CCc2ccncc2)CS(=O)(=O)Cc2ccccc2)cc1. The van der Waals surface area contributed by atoms with Gasteiger partial charge in [-0.05, 0) is 53.6 Å². The lowest BCUT2D eigenvalue weighted by Gasteiger charge is -2.21. The van der Waals surface area contributed by atoms with Crippen LogP contribution in [-0.4, -0.2) is 48.6 Å². The molecule has 206 valence electrons. The number of nitrogens with one attached hydrogen (secondary N) is 1. The van der Waals surface area contributed by atoms with Gasteiger partial charge in [-0.15, -0.1) is 0 Å². The first-order valence-electron chi connectivity index (χ1n) is 12.8. The molecule has 9 heteroatoms. The van der Waals surface area contributed by atoms with Gasteiger partial charge in [-0.2, -0.15) is 0 Å². The van der Waals surface area contributed by atoms with E-state index in [0.29, 0.717) is 24.1 Å². The second-order valence-electron chi connectivity index (χ2n) is 9.56. The van der Waals surface area contributed by atoms with Crippen molar-refractivity contribution in [2.45, 2.75) is 37.5 Å². The third-order valence-corrected chi connectivity index (χ3v) is 8.14. The molecule has 0 aliphatic carbocycles. The number of aromatic nitrogens is 1. The molecule has 2 aromatic carbocycles. The van der Waals surface area contributed by atoms with Gasteiger partial charge in [-0.3, -0.25) is 14.6 Å². The third-order valence-electron chi connectivity index (χ3n) is 6.46. The highest BCUT2D eigenvalue weighted by atomic mass is 32.2. The highest BCUT2D eigenvalue weighted by Crippen LogP contribution is 2.17. The van der Waals surface area contributed by atoms with Gasteiger partial charge in [0.15, 0.2) is 15.6 Å². The number of nitrogens with two attached hydrogens (primary N) is 1. The van der Waals surface area contributed by atoms with Crippen LogP contribution in [0.5, 0.6) is 0 Å². The Balaban J connectivity index is 1.66. The first-order chi connectivity index (χ1) is 18.7. The number of sulfone groups is 1. The van der Waals surface area contributed by atoms with Crippen molar-refractivity contribution in [1.82, 2.24) is 10.3 Å². The quantitative estimate of drug-likeness (QED) is 0.265. The number of aliphatic hydroxyl groups excluding tert-OH is 1. The number of nitrogens with zero attached hydrogens (tertiary/aromatic N) is 1. The summed E-state index contributed by atoms with van der Waals surface area (Å²) in [5, 5.41) is 12.5. The fourth-order valence-electron chi connectivity index (χ4n) is 4.22. The monoisotopic (exact) mass is 549 g/mol. The predicted molar refractivity (Wildman–Crippen MR) is 152 cm³/mol. The summed E-state index contributed by atoms with van der Waals surface area (Å²) in [6, 6.07) is 18.6. The van der Waals surface area contributed by atoms with E-state index >= 15 is 0 Å². The van der Waals surface area contributed by atoms with Gasteiger partial charge >= 0.3 is 0 Å². The summed E-state index contributed by atoms with van der Waals surface area (Å²) in [7, 11) is -3.64. The van der Waals surface area contributed by atoms with E-state index in [4.69, 9.17) is 5.73 Å². The van der Waals surface area contributed by atoms with Crippen LogP contribution < -0.4 is 11.1 Å². The van der Waals surface area contributed by atoms with Gasteiger partial charge in [-0.25, -0.2) is 8.42 Å². The number of pyridine rings is 1. The molecule has 0 saturated heterocycles. The fourth-order valence-corrected chi connectivity index (χ4v) is 5.97. The lowest BCUT2D eigenvalue weighted by Crippen LogP contribution is -2.47. The average molecular weight is 550 g/mol. The van der Waals surface area contributed by atoms with E-state index in [2.05, 4.69) is 16.9 Å². The number of benzene rings is 2. The molecule has 0 fully saturated rings. The van der Waals surface area contributed by atoms with Crippen molar-refractivity contribution in [1.29, 1.82) is 0 Å². The fraction of sp³-hybridized carbons (Fsp3) is 0.300. The van der Waals surface area contributed by atoms with E-state index in [1.807, 2.05) is 36.4 Å². The molecule has 39 heavy (non-hydrogen) atoms. The molecular formula is C30H35N3O5S. The number of aryl methyl sites for hydroxylation is 2. The minimum absolute atomic E-state index is 0.0996. The Kier molecular flexibility index (Phi) is 11.0. The van der Waals surface area contributed by atoms with E-state index in [1.165, 1.54) is 0 Å². The van der Waals surface area contributed by atoms with E-state index in [9.17, 15) is 23.1 Å². The van der Waals surface area contributed by atoms with Crippen molar-refractivity contribution in [2.24, 2.45) is 11.7 Å². The van der Waals surface area contributed by atoms with Crippen LogP contribution in [0.15, 0.2) is 85.7 Å². The molecule has 2 atom stereocenters. The Hall–Kier alpha value is -3.82. The van der Waals surface area contributed by atoms with Crippen LogP contribution in [0.25, 0.3) is 5.70 Å². The van der Waals surface area contributed by atoms with E-state index in [0.717, 1.165) is 16.7 Å². The number of ketones is 1. The van der Waals surface area contributed by atoms with E-state index in [-0.39, 0.29) is 30.1 Å². The number of Topliss-reactive ketones (excluding diaryl/α,β-unsaturated/α-hetero) is 1. The van der Waals surface area contributed by atoms with Crippen LogP contribution in [-0.2, 0) is 38.0 Å². The lowest BCUT2D eigenvalue weighted by atomic mass is 9.99. The number of carbonyl (C=O) groups excluding carboxylic acids is 2.